The summed E-state index contributed by atoms with van der Waals surface area (Å²) < 4.78 is 8.36. The zero-order valence-corrected chi connectivity index (χ0v) is 24.3. The van der Waals surface area contributed by atoms with E-state index in [1.54, 1.807) is 12.1 Å². The number of anilines is 1. The molecule has 1 aliphatic heterocycles. The van der Waals surface area contributed by atoms with Crippen LogP contribution < -0.4 is 9.64 Å². The van der Waals surface area contributed by atoms with E-state index >= 15 is 0 Å². The molecule has 5 aromatic rings. The third-order valence-electron chi connectivity index (χ3n) is 6.61. The maximum Gasteiger partial charge on any atom is 0.135 e. The topological polar surface area (TPSA) is 37.9 Å². The van der Waals surface area contributed by atoms with Crippen LogP contribution in [0.4, 0.5) is 11.4 Å². The monoisotopic (exact) mass is 691 g/mol. The minimum Gasteiger partial charge on any atom is -0.510 e. The summed E-state index contributed by atoms with van der Waals surface area (Å²) in [6.07, 6.45) is 5.79. The van der Waals surface area contributed by atoms with Crippen molar-refractivity contribution < 1.29 is 25.8 Å². The van der Waals surface area contributed by atoms with Crippen molar-refractivity contribution in [3.8, 4) is 17.3 Å². The van der Waals surface area contributed by atoms with Gasteiger partial charge in [-0.1, -0.05) is 50.6 Å². The molecule has 3 aromatic carbocycles. The fourth-order valence-corrected chi connectivity index (χ4v) is 4.62. The van der Waals surface area contributed by atoms with Gasteiger partial charge in [0.25, 0.3) is 0 Å². The second-order valence-electron chi connectivity index (χ2n) is 10.4. The molecule has 6 rings (SSSR count). The quantitative estimate of drug-likeness (QED) is 0.181. The molecule has 0 saturated heterocycles. The maximum absolute atomic E-state index is 7.55. The minimum atomic E-state index is 0. The van der Waals surface area contributed by atoms with Crippen molar-refractivity contribution in [2.24, 2.45) is 0 Å². The van der Waals surface area contributed by atoms with Crippen LogP contribution in [0.25, 0.3) is 32.5 Å². The minimum absolute atomic E-state index is 0. The van der Waals surface area contributed by atoms with Gasteiger partial charge in [-0.15, -0.1) is 41.4 Å². The molecule has 0 aliphatic carbocycles. The second kappa shape index (κ2) is 10.2. The smallest absolute Gasteiger partial charge is 0.135 e. The Bertz CT molecular complexity index is 1740. The van der Waals surface area contributed by atoms with Gasteiger partial charge in [-0.2, -0.15) is 12.7 Å². The molecule has 0 fully saturated rings. The molecule has 3 heterocycles. The SMILES string of the molecule is [C-]#[N+]c1cc(Oc2[c-]c3c(cc2)c2ccccc2n3-c2ccc(C(C)(C)C)cn2)[c-]c(N2C=CN(C)[CH-]2)c1.[Pt]. The number of benzene rings is 3. The molecule has 0 amide bonds. The van der Waals surface area contributed by atoms with Crippen molar-refractivity contribution >= 4 is 33.2 Å². The average Bonchev–Trinajstić information content (AvgIpc) is 3.49. The third kappa shape index (κ3) is 5.03. The molecule has 7 heteroatoms. The Hall–Kier alpha value is -4.07. The molecule has 0 N–H and O–H groups in total. The van der Waals surface area contributed by atoms with Crippen molar-refractivity contribution in [2.45, 2.75) is 26.2 Å². The van der Waals surface area contributed by atoms with Crippen LogP contribution >= 0.6 is 0 Å². The summed E-state index contributed by atoms with van der Waals surface area (Å²) in [5.74, 6) is 1.81. The predicted molar refractivity (Wildman–Crippen MR) is 151 cm³/mol. The van der Waals surface area contributed by atoms with Gasteiger partial charge < -0.3 is 19.1 Å². The van der Waals surface area contributed by atoms with Crippen LogP contribution in [0.2, 0.25) is 0 Å². The Morgan fingerprint density at radius 1 is 0.949 bits per heavy atom. The summed E-state index contributed by atoms with van der Waals surface area (Å²) in [5, 5.41) is 2.19. The summed E-state index contributed by atoms with van der Waals surface area (Å²) in [6, 6.07) is 26.7. The molecule has 0 unspecified atom stereocenters. The maximum atomic E-state index is 7.55. The summed E-state index contributed by atoms with van der Waals surface area (Å²) in [5.41, 5.74) is 4.33. The number of ether oxygens (including phenoxy) is 1. The molecule has 0 bridgehead atoms. The zero-order valence-electron chi connectivity index (χ0n) is 22.0. The number of hydrogen-bond donors (Lipinski definition) is 0. The summed E-state index contributed by atoms with van der Waals surface area (Å²) in [4.78, 5) is 12.3. The van der Waals surface area contributed by atoms with Crippen molar-refractivity contribution in [1.82, 2.24) is 14.5 Å². The van der Waals surface area contributed by atoms with E-state index in [2.05, 4.69) is 72.6 Å². The molecular formula is C32H26N5OPt-3. The number of pyridine rings is 1. The first-order valence-corrected chi connectivity index (χ1v) is 12.4. The van der Waals surface area contributed by atoms with Crippen LogP contribution in [0.15, 0.2) is 79.3 Å². The van der Waals surface area contributed by atoms with Gasteiger partial charge in [0.1, 0.15) is 5.82 Å². The van der Waals surface area contributed by atoms with Crippen molar-refractivity contribution in [1.29, 1.82) is 0 Å². The van der Waals surface area contributed by atoms with Gasteiger partial charge in [-0.3, -0.25) is 4.85 Å². The number of nitrogens with zero attached hydrogens (tertiary/aromatic N) is 5. The fraction of sp³-hybridized carbons (Fsp3) is 0.156. The van der Waals surface area contributed by atoms with E-state index in [4.69, 9.17) is 16.3 Å². The Labute approximate surface area is 243 Å². The molecule has 198 valence electrons. The van der Waals surface area contributed by atoms with Gasteiger partial charge in [0.15, 0.2) is 0 Å². The number of fused-ring (bicyclic) bond motifs is 3. The van der Waals surface area contributed by atoms with E-state index in [1.165, 1.54) is 5.56 Å². The van der Waals surface area contributed by atoms with Crippen LogP contribution in [0.3, 0.4) is 0 Å². The van der Waals surface area contributed by atoms with E-state index < -0.39 is 0 Å². The first kappa shape index (κ1) is 26.5. The number of hydrogen-bond acceptors (Lipinski definition) is 4. The Kier molecular flexibility index (Phi) is 6.97. The molecule has 1 aliphatic rings. The van der Waals surface area contributed by atoms with Gasteiger partial charge in [-0.05, 0) is 47.9 Å². The van der Waals surface area contributed by atoms with Gasteiger partial charge in [0, 0.05) is 44.3 Å². The van der Waals surface area contributed by atoms with Crippen LogP contribution in [-0.2, 0) is 26.5 Å². The Balaban J connectivity index is 0.00000308. The van der Waals surface area contributed by atoms with Gasteiger partial charge in [0.05, 0.1) is 12.3 Å². The average molecular weight is 692 g/mol. The largest absolute Gasteiger partial charge is 0.510 e. The van der Waals surface area contributed by atoms with E-state index in [0.717, 1.165) is 33.3 Å². The molecule has 0 radical (unpaired) electrons. The standard InChI is InChI=1S/C32H26N5O.Pt/c1-32(2,3)22-10-13-31(34-20-22)37-29-9-7-6-8-27(29)28-12-11-25(19-30(28)37)38-26-17-23(33-4)16-24(18-26)36-15-14-35(5)21-36;/h6-17,20-21H,1-3,5H3;/q-3;. The normalized spacial score (nSPS) is 13.1. The van der Waals surface area contributed by atoms with Crippen molar-refractivity contribution in [3.05, 3.63) is 115 Å². The first-order valence-electron chi connectivity index (χ1n) is 12.4. The fourth-order valence-electron chi connectivity index (χ4n) is 4.62. The predicted octanol–water partition coefficient (Wildman–Crippen LogP) is 7.76. The first-order chi connectivity index (χ1) is 18.3. The van der Waals surface area contributed by atoms with Gasteiger partial charge in [0.2, 0.25) is 0 Å². The Morgan fingerprint density at radius 3 is 2.46 bits per heavy atom. The van der Waals surface area contributed by atoms with Crippen LogP contribution in [0.1, 0.15) is 26.3 Å². The molecule has 2 aromatic heterocycles. The van der Waals surface area contributed by atoms with Crippen LogP contribution in [0.5, 0.6) is 11.5 Å². The molecule has 0 atom stereocenters. The van der Waals surface area contributed by atoms with Crippen LogP contribution in [-0.4, -0.2) is 21.5 Å². The van der Waals surface area contributed by atoms with E-state index in [9.17, 15) is 0 Å². The number of aromatic nitrogens is 2. The Morgan fingerprint density at radius 2 is 1.77 bits per heavy atom. The molecule has 0 saturated carbocycles. The van der Waals surface area contributed by atoms with E-state index in [-0.39, 0.29) is 26.5 Å². The molecule has 0 spiro atoms. The van der Waals surface area contributed by atoms with Gasteiger partial charge >= 0.3 is 0 Å². The number of rotatable bonds is 4. The summed E-state index contributed by atoms with van der Waals surface area (Å²) >= 11 is 0. The summed E-state index contributed by atoms with van der Waals surface area (Å²) in [7, 11) is 1.95. The molecule has 6 nitrogen and oxygen atoms in total. The van der Waals surface area contributed by atoms with Crippen molar-refractivity contribution in [3.63, 3.8) is 0 Å². The molecule has 39 heavy (non-hydrogen) atoms. The zero-order chi connectivity index (χ0) is 26.4. The number of para-hydroxylation sites is 1. The van der Waals surface area contributed by atoms with Gasteiger partial charge in [-0.25, -0.2) is 4.98 Å². The van der Waals surface area contributed by atoms with Crippen LogP contribution in [0, 0.1) is 25.4 Å². The van der Waals surface area contributed by atoms with Crippen molar-refractivity contribution in [2.75, 3.05) is 11.9 Å². The molecular weight excluding hydrogens is 665 g/mol. The third-order valence-corrected chi connectivity index (χ3v) is 6.61. The second-order valence-corrected chi connectivity index (χ2v) is 10.4. The van der Waals surface area contributed by atoms with E-state index in [0.29, 0.717) is 17.2 Å². The summed E-state index contributed by atoms with van der Waals surface area (Å²) in [6.45, 7) is 16.0. The van der Waals surface area contributed by atoms with E-state index in [1.807, 2.05) is 60.3 Å².